The first-order valence-electron chi connectivity index (χ1n) is 8.67. The van der Waals surface area contributed by atoms with Gasteiger partial charge in [-0.15, -0.1) is 10.2 Å². The third kappa shape index (κ3) is 5.15. The van der Waals surface area contributed by atoms with Gasteiger partial charge in [0.25, 0.3) is 0 Å². The summed E-state index contributed by atoms with van der Waals surface area (Å²) in [6.45, 7) is 2.08. The second kappa shape index (κ2) is 9.69. The Bertz CT molecular complexity index is 1000. The van der Waals surface area contributed by atoms with Crippen LogP contribution in [0.15, 0.2) is 30.3 Å². The minimum absolute atomic E-state index is 0.0372. The molecule has 3 N–H and O–H groups in total. The number of ether oxygens (including phenoxy) is 2. The van der Waals surface area contributed by atoms with E-state index in [0.717, 1.165) is 5.56 Å². The van der Waals surface area contributed by atoms with Crippen LogP contribution in [0.1, 0.15) is 6.92 Å². The largest absolute Gasteiger partial charge is 0.492 e. The van der Waals surface area contributed by atoms with Crippen molar-refractivity contribution in [3.05, 3.63) is 46.2 Å². The van der Waals surface area contributed by atoms with Crippen LogP contribution < -0.4 is 15.2 Å². The number of aliphatic hydroxyl groups excluding tert-OH is 1. The van der Waals surface area contributed by atoms with Crippen molar-refractivity contribution < 1.29 is 19.0 Å². The number of aromatic nitrogens is 2. The second-order valence-corrected chi connectivity index (χ2v) is 7.80. The quantitative estimate of drug-likeness (QED) is 0.520. The molecular formula is C19H18Cl2FN3O3S. The molecule has 0 aliphatic rings. The summed E-state index contributed by atoms with van der Waals surface area (Å²) in [6, 6.07) is 7.30. The highest BCUT2D eigenvalue weighted by atomic mass is 35.5. The summed E-state index contributed by atoms with van der Waals surface area (Å²) in [7, 11) is 0. The maximum absolute atomic E-state index is 14.4. The van der Waals surface area contributed by atoms with Crippen LogP contribution in [0.4, 0.5) is 4.39 Å². The molecule has 0 radical (unpaired) electrons. The third-order valence-electron chi connectivity index (χ3n) is 3.84. The number of aliphatic hydroxyl groups is 1. The first kappa shape index (κ1) is 21.7. The molecule has 0 saturated carbocycles. The number of rotatable bonds is 8. The van der Waals surface area contributed by atoms with Gasteiger partial charge < -0.3 is 20.3 Å². The van der Waals surface area contributed by atoms with Gasteiger partial charge in [0, 0.05) is 17.2 Å². The SMILES string of the molecule is CCOc1ccc(-c2nnc(-c3cc(F)c(OC[C@H](N)CO)cc3Cl)s2)cc1Cl. The number of hydrogen-bond acceptors (Lipinski definition) is 7. The molecule has 0 spiro atoms. The van der Waals surface area contributed by atoms with Gasteiger partial charge in [-0.1, -0.05) is 34.5 Å². The molecule has 2 aromatic carbocycles. The fourth-order valence-corrected chi connectivity index (χ4v) is 3.81. The fraction of sp³-hybridized carbons (Fsp3) is 0.263. The molecule has 0 bridgehead atoms. The van der Waals surface area contributed by atoms with E-state index in [1.165, 1.54) is 23.5 Å². The zero-order valence-electron chi connectivity index (χ0n) is 15.4. The summed E-state index contributed by atoms with van der Waals surface area (Å²) in [6.07, 6.45) is 0. The van der Waals surface area contributed by atoms with Gasteiger partial charge in [0.05, 0.1) is 29.3 Å². The summed E-state index contributed by atoms with van der Waals surface area (Å²) < 4.78 is 25.1. The van der Waals surface area contributed by atoms with Crippen molar-refractivity contribution in [2.45, 2.75) is 13.0 Å². The number of halogens is 3. The van der Waals surface area contributed by atoms with E-state index in [2.05, 4.69) is 10.2 Å². The Morgan fingerprint density at radius 3 is 2.55 bits per heavy atom. The van der Waals surface area contributed by atoms with Crippen molar-refractivity contribution in [1.82, 2.24) is 10.2 Å². The topological polar surface area (TPSA) is 90.5 Å². The second-order valence-electron chi connectivity index (χ2n) is 6.01. The molecule has 154 valence electrons. The number of benzene rings is 2. The van der Waals surface area contributed by atoms with Gasteiger partial charge in [0.2, 0.25) is 0 Å². The van der Waals surface area contributed by atoms with Crippen LogP contribution in [0, 0.1) is 5.82 Å². The summed E-state index contributed by atoms with van der Waals surface area (Å²) >= 11 is 13.8. The lowest BCUT2D eigenvalue weighted by Gasteiger charge is -2.12. The maximum atomic E-state index is 14.4. The van der Waals surface area contributed by atoms with E-state index in [0.29, 0.717) is 33.0 Å². The molecule has 0 unspecified atom stereocenters. The summed E-state index contributed by atoms with van der Waals surface area (Å²) in [5, 5.41) is 19.0. The molecule has 0 fully saturated rings. The Hall–Kier alpha value is -1.97. The highest BCUT2D eigenvalue weighted by molar-refractivity contribution is 7.18. The molecular weight excluding hydrogens is 440 g/mol. The Balaban J connectivity index is 1.85. The molecule has 1 aromatic heterocycles. The van der Waals surface area contributed by atoms with Crippen molar-refractivity contribution in [3.63, 3.8) is 0 Å². The van der Waals surface area contributed by atoms with Crippen LogP contribution in [-0.2, 0) is 0 Å². The van der Waals surface area contributed by atoms with E-state index in [1.807, 2.05) is 13.0 Å². The number of nitrogens with two attached hydrogens (primary N) is 1. The maximum Gasteiger partial charge on any atom is 0.165 e. The fourth-order valence-electron chi connectivity index (χ4n) is 2.41. The molecule has 3 aromatic rings. The standard InChI is InChI=1S/C19H18Cl2FN3O3S/c1-2-27-16-4-3-10(5-14(16)21)18-24-25-19(29-18)12-6-15(22)17(7-13(12)20)28-9-11(23)8-26/h3-7,11,26H,2,8-9,23H2,1H3/t11-/m1/s1. The number of hydrogen-bond donors (Lipinski definition) is 2. The Morgan fingerprint density at radius 2 is 1.86 bits per heavy atom. The van der Waals surface area contributed by atoms with Crippen LogP contribution in [0.3, 0.4) is 0 Å². The van der Waals surface area contributed by atoms with Crippen LogP contribution in [0.25, 0.3) is 21.1 Å². The van der Waals surface area contributed by atoms with E-state index in [9.17, 15) is 4.39 Å². The molecule has 0 aliphatic carbocycles. The normalized spacial score (nSPS) is 12.1. The van der Waals surface area contributed by atoms with E-state index < -0.39 is 11.9 Å². The molecule has 0 amide bonds. The lowest BCUT2D eigenvalue weighted by molar-refractivity contribution is 0.202. The smallest absolute Gasteiger partial charge is 0.165 e. The zero-order chi connectivity index (χ0) is 21.0. The molecule has 0 saturated heterocycles. The van der Waals surface area contributed by atoms with Gasteiger partial charge in [-0.2, -0.15) is 0 Å². The summed E-state index contributed by atoms with van der Waals surface area (Å²) in [5.41, 5.74) is 6.71. The van der Waals surface area contributed by atoms with Crippen molar-refractivity contribution >= 4 is 34.5 Å². The van der Waals surface area contributed by atoms with Gasteiger partial charge >= 0.3 is 0 Å². The van der Waals surface area contributed by atoms with Crippen LogP contribution in [0.2, 0.25) is 10.0 Å². The third-order valence-corrected chi connectivity index (χ3v) is 5.46. The predicted octanol–water partition coefficient (Wildman–Crippen LogP) is 4.42. The van der Waals surface area contributed by atoms with Crippen molar-refractivity contribution in [1.29, 1.82) is 0 Å². The van der Waals surface area contributed by atoms with Gasteiger partial charge in [-0.3, -0.25) is 0 Å². The Labute approximate surface area is 181 Å². The molecule has 6 nitrogen and oxygen atoms in total. The first-order chi connectivity index (χ1) is 13.9. The van der Waals surface area contributed by atoms with E-state index in [1.54, 1.807) is 12.1 Å². The van der Waals surface area contributed by atoms with Crippen LogP contribution in [0.5, 0.6) is 11.5 Å². The molecule has 1 atom stereocenters. The minimum Gasteiger partial charge on any atom is -0.492 e. The van der Waals surface area contributed by atoms with E-state index in [-0.39, 0.29) is 24.0 Å². The molecule has 29 heavy (non-hydrogen) atoms. The zero-order valence-corrected chi connectivity index (χ0v) is 17.7. The molecule has 10 heteroatoms. The highest BCUT2D eigenvalue weighted by Gasteiger charge is 2.17. The summed E-state index contributed by atoms with van der Waals surface area (Å²) in [5.74, 6) is -0.0784. The average molecular weight is 458 g/mol. The van der Waals surface area contributed by atoms with Gasteiger partial charge in [-0.05, 0) is 31.2 Å². The Morgan fingerprint density at radius 1 is 1.10 bits per heavy atom. The number of nitrogens with zero attached hydrogens (tertiary/aromatic N) is 2. The first-order valence-corrected chi connectivity index (χ1v) is 10.2. The Kier molecular flexibility index (Phi) is 7.26. The average Bonchev–Trinajstić information content (AvgIpc) is 3.19. The van der Waals surface area contributed by atoms with Crippen LogP contribution >= 0.6 is 34.5 Å². The lowest BCUT2D eigenvalue weighted by Crippen LogP contribution is -2.31. The van der Waals surface area contributed by atoms with E-state index >= 15 is 0 Å². The molecule has 0 aliphatic heterocycles. The van der Waals surface area contributed by atoms with Crippen LogP contribution in [-0.4, -0.2) is 41.2 Å². The van der Waals surface area contributed by atoms with Crippen molar-refractivity contribution in [2.75, 3.05) is 19.8 Å². The monoisotopic (exact) mass is 457 g/mol. The van der Waals surface area contributed by atoms with Gasteiger partial charge in [0.1, 0.15) is 22.4 Å². The van der Waals surface area contributed by atoms with Crippen molar-refractivity contribution in [2.24, 2.45) is 5.73 Å². The lowest BCUT2D eigenvalue weighted by atomic mass is 10.2. The molecule has 1 heterocycles. The molecule has 3 rings (SSSR count). The summed E-state index contributed by atoms with van der Waals surface area (Å²) in [4.78, 5) is 0. The highest BCUT2D eigenvalue weighted by Crippen LogP contribution is 2.38. The van der Waals surface area contributed by atoms with Gasteiger partial charge in [0.15, 0.2) is 11.6 Å². The van der Waals surface area contributed by atoms with Gasteiger partial charge in [-0.25, -0.2) is 4.39 Å². The van der Waals surface area contributed by atoms with Crippen molar-refractivity contribution in [3.8, 4) is 32.6 Å². The predicted molar refractivity (Wildman–Crippen MR) is 112 cm³/mol. The van der Waals surface area contributed by atoms with E-state index in [4.69, 9.17) is 43.5 Å². The minimum atomic E-state index is -0.615.